The lowest BCUT2D eigenvalue weighted by atomic mass is 9.77. The minimum absolute atomic E-state index is 0.0519. The number of hydrogen-bond donors (Lipinski definition) is 2. The SMILES string of the molecule is C=CC1=C(C)C2(C=CNCC2)C/C1=N\O. The van der Waals surface area contributed by atoms with Crippen LogP contribution >= 0.6 is 0 Å². The van der Waals surface area contributed by atoms with Gasteiger partial charge in [-0.15, -0.1) is 0 Å². The molecule has 0 fully saturated rings. The van der Waals surface area contributed by atoms with Gasteiger partial charge in [-0.25, -0.2) is 0 Å². The highest BCUT2D eigenvalue weighted by Gasteiger charge is 2.40. The molecule has 1 atom stereocenters. The first-order valence-electron chi connectivity index (χ1n) is 5.20. The summed E-state index contributed by atoms with van der Waals surface area (Å²) < 4.78 is 0. The van der Waals surface area contributed by atoms with Crippen molar-refractivity contribution in [3.05, 3.63) is 36.1 Å². The summed E-state index contributed by atoms with van der Waals surface area (Å²) in [5.41, 5.74) is 3.08. The minimum atomic E-state index is 0.0519. The van der Waals surface area contributed by atoms with Crippen molar-refractivity contribution in [3.63, 3.8) is 0 Å². The molecule has 0 saturated heterocycles. The first kappa shape index (κ1) is 10.0. The van der Waals surface area contributed by atoms with Crippen LogP contribution in [-0.2, 0) is 0 Å². The third-order valence-corrected chi connectivity index (χ3v) is 3.51. The van der Waals surface area contributed by atoms with Crippen molar-refractivity contribution in [2.75, 3.05) is 6.54 Å². The lowest BCUT2D eigenvalue weighted by Crippen LogP contribution is -2.28. The first-order valence-corrected chi connectivity index (χ1v) is 5.20. The summed E-state index contributed by atoms with van der Waals surface area (Å²) in [6.07, 6.45) is 7.79. The second-order valence-corrected chi connectivity index (χ2v) is 4.16. The van der Waals surface area contributed by atoms with Gasteiger partial charge in [0, 0.05) is 18.4 Å². The highest BCUT2D eigenvalue weighted by Crippen LogP contribution is 2.46. The van der Waals surface area contributed by atoms with E-state index in [1.54, 1.807) is 6.08 Å². The van der Waals surface area contributed by atoms with Gasteiger partial charge in [-0.05, 0) is 25.1 Å². The molecule has 2 aliphatic rings. The third kappa shape index (κ3) is 1.39. The van der Waals surface area contributed by atoms with Gasteiger partial charge >= 0.3 is 0 Å². The summed E-state index contributed by atoms with van der Waals surface area (Å²) in [7, 11) is 0. The van der Waals surface area contributed by atoms with Crippen LogP contribution in [0.25, 0.3) is 0 Å². The zero-order chi connectivity index (χ0) is 10.9. The Labute approximate surface area is 89.9 Å². The molecule has 15 heavy (non-hydrogen) atoms. The number of nitrogens with zero attached hydrogens (tertiary/aromatic N) is 1. The van der Waals surface area contributed by atoms with E-state index in [-0.39, 0.29) is 5.41 Å². The van der Waals surface area contributed by atoms with E-state index >= 15 is 0 Å². The van der Waals surface area contributed by atoms with Crippen molar-refractivity contribution in [1.29, 1.82) is 0 Å². The molecule has 1 spiro atoms. The van der Waals surface area contributed by atoms with Crippen LogP contribution in [0.15, 0.2) is 41.2 Å². The molecule has 0 bridgehead atoms. The van der Waals surface area contributed by atoms with Crippen molar-refractivity contribution < 1.29 is 5.21 Å². The Bertz CT molecular complexity index is 379. The number of hydrogen-bond acceptors (Lipinski definition) is 3. The quantitative estimate of drug-likeness (QED) is 0.508. The van der Waals surface area contributed by atoms with Crippen LogP contribution in [0, 0.1) is 5.41 Å². The Morgan fingerprint density at radius 2 is 2.47 bits per heavy atom. The van der Waals surface area contributed by atoms with Crippen molar-refractivity contribution in [2.24, 2.45) is 10.6 Å². The molecule has 1 heterocycles. The minimum Gasteiger partial charge on any atom is -0.411 e. The molecule has 1 aliphatic heterocycles. The summed E-state index contributed by atoms with van der Waals surface area (Å²) in [5, 5.41) is 15.5. The molecule has 3 heteroatoms. The van der Waals surface area contributed by atoms with Crippen LogP contribution in [0.5, 0.6) is 0 Å². The molecule has 2 rings (SSSR count). The Hall–Kier alpha value is -1.51. The van der Waals surface area contributed by atoms with E-state index in [9.17, 15) is 0 Å². The molecule has 0 amide bonds. The van der Waals surface area contributed by atoms with Gasteiger partial charge in [-0.1, -0.05) is 29.5 Å². The summed E-state index contributed by atoms with van der Waals surface area (Å²) in [6, 6.07) is 0. The van der Waals surface area contributed by atoms with E-state index < -0.39 is 0 Å². The summed E-state index contributed by atoms with van der Waals surface area (Å²) in [6.45, 7) is 6.85. The van der Waals surface area contributed by atoms with Crippen LogP contribution in [0.1, 0.15) is 19.8 Å². The van der Waals surface area contributed by atoms with E-state index in [4.69, 9.17) is 5.21 Å². The van der Waals surface area contributed by atoms with E-state index in [0.717, 1.165) is 30.7 Å². The van der Waals surface area contributed by atoms with Crippen LogP contribution in [0.4, 0.5) is 0 Å². The zero-order valence-corrected chi connectivity index (χ0v) is 8.95. The standard InChI is InChI=1S/C12H16N2O/c1-3-10-9(2)12(8-11(10)14-15)4-6-13-7-5-12/h3-4,6,13,15H,1,5,7-8H2,2H3/b14-11+. The second-order valence-electron chi connectivity index (χ2n) is 4.16. The smallest absolute Gasteiger partial charge is 0.0879 e. The molecule has 0 saturated carbocycles. The Balaban J connectivity index is 2.47. The van der Waals surface area contributed by atoms with Crippen LogP contribution in [-0.4, -0.2) is 17.5 Å². The summed E-state index contributed by atoms with van der Waals surface area (Å²) in [4.78, 5) is 0. The molecular weight excluding hydrogens is 188 g/mol. The lowest BCUT2D eigenvalue weighted by molar-refractivity contribution is 0.315. The van der Waals surface area contributed by atoms with E-state index in [1.807, 2.05) is 6.20 Å². The zero-order valence-electron chi connectivity index (χ0n) is 8.95. The molecule has 0 aromatic rings. The van der Waals surface area contributed by atoms with E-state index in [2.05, 4.69) is 30.1 Å². The molecule has 0 aromatic carbocycles. The molecule has 1 unspecified atom stereocenters. The monoisotopic (exact) mass is 204 g/mol. The number of allylic oxidation sites excluding steroid dienone is 4. The van der Waals surface area contributed by atoms with Gasteiger partial charge in [-0.3, -0.25) is 0 Å². The highest BCUT2D eigenvalue weighted by molar-refractivity contribution is 6.06. The topological polar surface area (TPSA) is 44.6 Å². The van der Waals surface area contributed by atoms with Gasteiger partial charge in [0.05, 0.1) is 5.71 Å². The maximum atomic E-state index is 8.97. The van der Waals surface area contributed by atoms with Gasteiger partial charge in [0.25, 0.3) is 0 Å². The van der Waals surface area contributed by atoms with Crippen LogP contribution < -0.4 is 5.32 Å². The molecule has 2 N–H and O–H groups in total. The number of rotatable bonds is 1. The van der Waals surface area contributed by atoms with Gasteiger partial charge in [0.2, 0.25) is 0 Å². The van der Waals surface area contributed by atoms with Crippen molar-refractivity contribution >= 4 is 5.71 Å². The fourth-order valence-corrected chi connectivity index (χ4v) is 2.51. The lowest BCUT2D eigenvalue weighted by Gasteiger charge is -2.30. The van der Waals surface area contributed by atoms with Crippen molar-refractivity contribution in [2.45, 2.75) is 19.8 Å². The van der Waals surface area contributed by atoms with Gasteiger partial charge in [-0.2, -0.15) is 0 Å². The predicted molar refractivity (Wildman–Crippen MR) is 60.9 cm³/mol. The Morgan fingerprint density at radius 3 is 2.93 bits per heavy atom. The number of nitrogens with one attached hydrogen (secondary N) is 1. The fraction of sp³-hybridized carbons (Fsp3) is 0.417. The first-order chi connectivity index (χ1) is 7.23. The summed E-state index contributed by atoms with van der Waals surface area (Å²) >= 11 is 0. The molecule has 1 aliphatic carbocycles. The van der Waals surface area contributed by atoms with Crippen LogP contribution in [0.2, 0.25) is 0 Å². The largest absolute Gasteiger partial charge is 0.411 e. The van der Waals surface area contributed by atoms with Gasteiger partial charge in [0.15, 0.2) is 0 Å². The van der Waals surface area contributed by atoms with Gasteiger partial charge in [0.1, 0.15) is 0 Å². The average molecular weight is 204 g/mol. The predicted octanol–water partition coefficient (Wildman–Crippen LogP) is 2.22. The Morgan fingerprint density at radius 1 is 1.67 bits per heavy atom. The van der Waals surface area contributed by atoms with Crippen molar-refractivity contribution in [3.8, 4) is 0 Å². The van der Waals surface area contributed by atoms with E-state index in [1.165, 1.54) is 5.57 Å². The maximum absolute atomic E-state index is 8.97. The maximum Gasteiger partial charge on any atom is 0.0879 e. The average Bonchev–Trinajstić information content (AvgIpc) is 2.53. The van der Waals surface area contributed by atoms with Crippen molar-refractivity contribution in [1.82, 2.24) is 5.32 Å². The molecule has 3 nitrogen and oxygen atoms in total. The van der Waals surface area contributed by atoms with Crippen LogP contribution in [0.3, 0.4) is 0 Å². The number of oxime groups is 1. The van der Waals surface area contributed by atoms with Gasteiger partial charge < -0.3 is 10.5 Å². The fourth-order valence-electron chi connectivity index (χ4n) is 2.51. The summed E-state index contributed by atoms with van der Waals surface area (Å²) in [5.74, 6) is 0. The second kappa shape index (κ2) is 3.57. The highest BCUT2D eigenvalue weighted by atomic mass is 16.4. The normalized spacial score (nSPS) is 32.5. The molecular formula is C12H16N2O. The molecule has 0 radical (unpaired) electrons. The third-order valence-electron chi connectivity index (χ3n) is 3.51. The molecule has 0 aromatic heterocycles. The Kier molecular flexibility index (Phi) is 2.39. The van der Waals surface area contributed by atoms with E-state index in [0.29, 0.717) is 0 Å². The molecule has 80 valence electrons.